The zero-order valence-electron chi connectivity index (χ0n) is 20.2. The molecule has 3 fully saturated rings. The van der Waals surface area contributed by atoms with Gasteiger partial charge in [-0.2, -0.15) is 0 Å². The van der Waals surface area contributed by atoms with Gasteiger partial charge in [0.15, 0.2) is 11.5 Å². The quantitative estimate of drug-likeness (QED) is 0.291. The Morgan fingerprint density at radius 3 is 2.12 bits per heavy atom. The third kappa shape index (κ3) is 4.11. The SMILES string of the molecule is COC(=O)c1c(C)c2c(c(Cl)c1I)OC(C)(C13CCC(CC(=O)OC(C)(C)C)(CC1)CC3)O2. The summed E-state index contributed by atoms with van der Waals surface area (Å²) < 4.78 is 24.2. The van der Waals surface area contributed by atoms with Crippen molar-refractivity contribution in [3.05, 3.63) is 19.7 Å². The van der Waals surface area contributed by atoms with Crippen LogP contribution >= 0.6 is 34.2 Å². The number of hydrogen-bond donors (Lipinski definition) is 0. The minimum atomic E-state index is -0.889. The molecular formula is C25H32ClIO6. The lowest BCUT2D eigenvalue weighted by Crippen LogP contribution is -2.58. The van der Waals surface area contributed by atoms with Crippen LogP contribution in [0, 0.1) is 21.3 Å². The van der Waals surface area contributed by atoms with Crippen LogP contribution in [-0.4, -0.2) is 30.4 Å². The summed E-state index contributed by atoms with van der Waals surface area (Å²) >= 11 is 8.70. The molecule has 1 aromatic carbocycles. The minimum absolute atomic E-state index is 0.00705. The van der Waals surface area contributed by atoms with Crippen molar-refractivity contribution in [2.75, 3.05) is 7.11 Å². The Morgan fingerprint density at radius 2 is 1.61 bits per heavy atom. The van der Waals surface area contributed by atoms with E-state index in [2.05, 4.69) is 22.6 Å². The van der Waals surface area contributed by atoms with Gasteiger partial charge in [-0.3, -0.25) is 4.79 Å². The molecule has 3 saturated carbocycles. The molecule has 1 aliphatic heterocycles. The minimum Gasteiger partial charge on any atom is -0.465 e. The van der Waals surface area contributed by atoms with E-state index in [1.54, 1.807) is 0 Å². The number of carbonyl (C=O) groups is 2. The molecule has 0 radical (unpaired) electrons. The van der Waals surface area contributed by atoms with Crippen molar-refractivity contribution in [1.29, 1.82) is 0 Å². The van der Waals surface area contributed by atoms with Crippen molar-refractivity contribution >= 4 is 46.1 Å². The first kappa shape index (κ1) is 24.9. The van der Waals surface area contributed by atoms with Gasteiger partial charge in [0.2, 0.25) is 0 Å². The van der Waals surface area contributed by atoms with Crippen LogP contribution in [0.15, 0.2) is 0 Å². The van der Waals surface area contributed by atoms with Crippen LogP contribution in [0.4, 0.5) is 0 Å². The molecule has 1 aromatic rings. The van der Waals surface area contributed by atoms with Crippen LogP contribution in [0.3, 0.4) is 0 Å². The van der Waals surface area contributed by atoms with Gasteiger partial charge in [0.1, 0.15) is 10.6 Å². The lowest BCUT2D eigenvalue weighted by molar-refractivity contribution is -0.214. The summed E-state index contributed by atoms with van der Waals surface area (Å²) in [5.41, 5.74) is 0.428. The number of esters is 2. The molecule has 0 N–H and O–H groups in total. The van der Waals surface area contributed by atoms with Crippen LogP contribution < -0.4 is 9.47 Å². The summed E-state index contributed by atoms with van der Waals surface area (Å²) in [5, 5.41) is 0.377. The molecule has 33 heavy (non-hydrogen) atoms. The predicted octanol–water partition coefficient (Wildman–Crippen LogP) is 6.60. The summed E-state index contributed by atoms with van der Waals surface area (Å²) in [5.74, 6) is -0.427. The summed E-state index contributed by atoms with van der Waals surface area (Å²) in [6, 6.07) is 0. The molecule has 1 heterocycles. The molecular weight excluding hydrogens is 559 g/mol. The Kier molecular flexibility index (Phi) is 6.17. The molecule has 182 valence electrons. The Bertz CT molecular complexity index is 989. The van der Waals surface area contributed by atoms with Crippen molar-refractivity contribution in [3.63, 3.8) is 0 Å². The monoisotopic (exact) mass is 590 g/mol. The van der Waals surface area contributed by atoms with Crippen molar-refractivity contribution in [2.45, 2.75) is 91.0 Å². The molecule has 0 aromatic heterocycles. The molecule has 5 rings (SSSR count). The van der Waals surface area contributed by atoms with E-state index in [4.69, 9.17) is 30.5 Å². The van der Waals surface area contributed by atoms with E-state index in [1.807, 2.05) is 34.6 Å². The highest BCUT2D eigenvalue weighted by atomic mass is 127. The van der Waals surface area contributed by atoms with E-state index in [0.29, 0.717) is 37.6 Å². The van der Waals surface area contributed by atoms with E-state index in [1.165, 1.54) is 7.11 Å². The van der Waals surface area contributed by atoms with Crippen LogP contribution in [-0.2, 0) is 14.3 Å². The summed E-state index contributed by atoms with van der Waals surface area (Å²) in [4.78, 5) is 24.9. The smallest absolute Gasteiger partial charge is 0.339 e. The maximum absolute atomic E-state index is 12.5. The number of carbonyl (C=O) groups excluding carboxylic acids is 2. The predicted molar refractivity (Wildman–Crippen MR) is 133 cm³/mol. The topological polar surface area (TPSA) is 71.1 Å². The van der Waals surface area contributed by atoms with Gasteiger partial charge < -0.3 is 18.9 Å². The Hall–Kier alpha value is -1.22. The average Bonchev–Trinajstić information content (AvgIpc) is 3.11. The van der Waals surface area contributed by atoms with E-state index < -0.39 is 17.4 Å². The molecule has 0 spiro atoms. The molecule has 6 nitrogen and oxygen atoms in total. The first-order valence-electron chi connectivity index (χ1n) is 11.5. The van der Waals surface area contributed by atoms with Gasteiger partial charge in [-0.25, -0.2) is 4.79 Å². The first-order valence-corrected chi connectivity index (χ1v) is 12.9. The van der Waals surface area contributed by atoms with Crippen LogP contribution in [0.1, 0.15) is 88.6 Å². The molecule has 0 amide bonds. The van der Waals surface area contributed by atoms with Crippen LogP contribution in [0.25, 0.3) is 0 Å². The highest BCUT2D eigenvalue weighted by Gasteiger charge is 2.62. The average molecular weight is 591 g/mol. The van der Waals surface area contributed by atoms with E-state index in [-0.39, 0.29) is 16.8 Å². The van der Waals surface area contributed by atoms with Crippen molar-refractivity contribution < 1.29 is 28.5 Å². The molecule has 4 aliphatic rings. The number of methoxy groups -OCH3 is 1. The number of fused-ring (bicyclic) bond motifs is 4. The number of benzene rings is 1. The van der Waals surface area contributed by atoms with Crippen LogP contribution in [0.5, 0.6) is 11.5 Å². The van der Waals surface area contributed by atoms with E-state index in [9.17, 15) is 9.59 Å². The number of halogens is 2. The van der Waals surface area contributed by atoms with Gasteiger partial charge in [-0.05, 0) is 94.2 Å². The molecule has 2 bridgehead atoms. The molecule has 3 aliphatic carbocycles. The second kappa shape index (κ2) is 8.18. The highest BCUT2D eigenvalue weighted by molar-refractivity contribution is 14.1. The summed E-state index contributed by atoms with van der Waals surface area (Å²) in [6.45, 7) is 9.54. The Balaban J connectivity index is 1.57. The maximum atomic E-state index is 12.5. The normalized spacial score (nSPS) is 30.3. The molecule has 1 atom stereocenters. The van der Waals surface area contributed by atoms with E-state index >= 15 is 0 Å². The standard InChI is InChI=1S/C25H32ClIO6/c1-14-16(21(29)30-6)18(27)17(26)20-19(14)32-23(5,33-20)25-10-7-24(8-11-25,9-12-25)13-15(28)31-22(2,3)4/h7-13H2,1-6H3. The van der Waals surface area contributed by atoms with Crippen LogP contribution in [0.2, 0.25) is 5.02 Å². The van der Waals surface area contributed by atoms with Gasteiger partial charge in [-0.1, -0.05) is 11.6 Å². The fourth-order valence-corrected chi connectivity index (χ4v) is 6.93. The Labute approximate surface area is 214 Å². The number of hydrogen-bond acceptors (Lipinski definition) is 6. The maximum Gasteiger partial charge on any atom is 0.339 e. The van der Waals surface area contributed by atoms with Crippen molar-refractivity contribution in [2.24, 2.45) is 10.8 Å². The van der Waals surface area contributed by atoms with Crippen molar-refractivity contribution in [1.82, 2.24) is 0 Å². The lowest BCUT2D eigenvalue weighted by Gasteiger charge is -2.57. The number of ether oxygens (including phenoxy) is 4. The van der Waals surface area contributed by atoms with Gasteiger partial charge in [0.05, 0.1) is 22.7 Å². The molecule has 8 heteroatoms. The number of rotatable bonds is 4. The summed E-state index contributed by atoms with van der Waals surface area (Å²) in [7, 11) is 1.35. The Morgan fingerprint density at radius 1 is 1.06 bits per heavy atom. The first-order chi connectivity index (χ1) is 15.3. The summed E-state index contributed by atoms with van der Waals surface area (Å²) in [6.07, 6.45) is 5.96. The highest BCUT2D eigenvalue weighted by Crippen LogP contribution is 2.65. The third-order valence-electron chi connectivity index (χ3n) is 7.82. The fraction of sp³-hybridized carbons (Fsp3) is 0.680. The van der Waals surface area contributed by atoms with Gasteiger partial charge >= 0.3 is 11.9 Å². The lowest BCUT2D eigenvalue weighted by atomic mass is 9.50. The zero-order chi connectivity index (χ0) is 24.4. The zero-order valence-corrected chi connectivity index (χ0v) is 23.1. The second-order valence-electron chi connectivity index (χ2n) is 11.0. The fourth-order valence-electron chi connectivity index (χ4n) is 5.84. The van der Waals surface area contributed by atoms with E-state index in [0.717, 1.165) is 38.5 Å². The van der Waals surface area contributed by atoms with Crippen molar-refractivity contribution in [3.8, 4) is 11.5 Å². The molecule has 0 saturated heterocycles. The van der Waals surface area contributed by atoms with Gasteiger partial charge in [-0.15, -0.1) is 0 Å². The largest absolute Gasteiger partial charge is 0.465 e. The second-order valence-corrected chi connectivity index (χ2v) is 12.4. The molecule has 1 unspecified atom stereocenters. The van der Waals surface area contributed by atoms with Gasteiger partial charge in [0, 0.05) is 17.9 Å². The third-order valence-corrected chi connectivity index (χ3v) is 9.58. The van der Waals surface area contributed by atoms with Gasteiger partial charge in [0.25, 0.3) is 5.79 Å².